The van der Waals surface area contributed by atoms with Crippen molar-refractivity contribution in [3.8, 4) is 0 Å². The molecule has 2 N–H and O–H groups in total. The molecule has 1 aromatic rings. The molecule has 1 heterocycles. The molecule has 0 saturated carbocycles. The average Bonchev–Trinajstić information content (AvgIpc) is 2.47. The second-order valence-corrected chi connectivity index (χ2v) is 5.99. The molecule has 3 unspecified atom stereocenters. The molecule has 112 valence electrons. The van der Waals surface area contributed by atoms with E-state index in [1.54, 1.807) is 0 Å². The fraction of sp³-hybridized carbons (Fsp3) is 0.647. The van der Waals surface area contributed by atoms with Crippen molar-refractivity contribution >= 4 is 0 Å². The van der Waals surface area contributed by atoms with Gasteiger partial charge >= 0.3 is 0 Å². The molecule has 0 bridgehead atoms. The van der Waals surface area contributed by atoms with Gasteiger partial charge in [0, 0.05) is 18.1 Å². The molecule has 0 radical (unpaired) electrons. The highest BCUT2D eigenvalue weighted by molar-refractivity contribution is 5.21. The van der Waals surface area contributed by atoms with Crippen LogP contribution in [0.5, 0.6) is 0 Å². The Morgan fingerprint density at radius 3 is 2.65 bits per heavy atom. The van der Waals surface area contributed by atoms with Crippen LogP contribution in [0.15, 0.2) is 24.3 Å². The molecule has 0 spiro atoms. The molecular weight excluding hydrogens is 251 g/mol. The van der Waals surface area contributed by atoms with Crippen LogP contribution in [0.4, 0.5) is 4.39 Å². The van der Waals surface area contributed by atoms with E-state index in [0.29, 0.717) is 12.1 Å². The molecule has 0 aliphatic carbocycles. The van der Waals surface area contributed by atoms with Crippen LogP contribution in [0, 0.1) is 5.82 Å². The maximum Gasteiger partial charge on any atom is 0.123 e. The van der Waals surface area contributed by atoms with Gasteiger partial charge in [-0.05, 0) is 50.4 Å². The molecule has 1 aliphatic heterocycles. The summed E-state index contributed by atoms with van der Waals surface area (Å²) in [5, 5.41) is 0. The summed E-state index contributed by atoms with van der Waals surface area (Å²) in [6, 6.07) is 7.55. The molecule has 1 aromatic carbocycles. The van der Waals surface area contributed by atoms with E-state index in [0.717, 1.165) is 12.1 Å². The summed E-state index contributed by atoms with van der Waals surface area (Å²) in [6.07, 6.45) is 6.36. The number of nitrogens with two attached hydrogens (primary N) is 1. The zero-order valence-corrected chi connectivity index (χ0v) is 12.7. The minimum absolute atomic E-state index is 0.0481. The Balaban J connectivity index is 2.07. The largest absolute Gasteiger partial charge is 0.323 e. The summed E-state index contributed by atoms with van der Waals surface area (Å²) in [6.45, 7) is 5.60. The van der Waals surface area contributed by atoms with Crippen LogP contribution in [0.2, 0.25) is 0 Å². The van der Waals surface area contributed by atoms with E-state index < -0.39 is 0 Å². The first-order chi connectivity index (χ1) is 9.63. The molecule has 0 aromatic heterocycles. The minimum atomic E-state index is -0.199. The average molecular weight is 278 g/mol. The number of likely N-dealkylation sites (tertiary alicyclic amines) is 1. The molecule has 2 rings (SSSR count). The summed E-state index contributed by atoms with van der Waals surface area (Å²) < 4.78 is 13.0. The maximum atomic E-state index is 13.0. The van der Waals surface area contributed by atoms with E-state index in [9.17, 15) is 4.39 Å². The number of rotatable bonds is 5. The summed E-state index contributed by atoms with van der Waals surface area (Å²) in [4.78, 5) is 2.57. The van der Waals surface area contributed by atoms with E-state index in [4.69, 9.17) is 5.73 Å². The van der Waals surface area contributed by atoms with Gasteiger partial charge in [0.1, 0.15) is 5.82 Å². The van der Waals surface area contributed by atoms with Crippen molar-refractivity contribution in [3.05, 3.63) is 35.6 Å². The van der Waals surface area contributed by atoms with Crippen molar-refractivity contribution in [2.24, 2.45) is 5.73 Å². The van der Waals surface area contributed by atoms with Crippen LogP contribution in [-0.2, 0) is 0 Å². The molecule has 2 nitrogen and oxygen atoms in total. The molecule has 3 heteroatoms. The van der Waals surface area contributed by atoms with Gasteiger partial charge in [-0.15, -0.1) is 0 Å². The lowest BCUT2D eigenvalue weighted by Gasteiger charge is -2.42. The first-order valence-corrected chi connectivity index (χ1v) is 7.90. The van der Waals surface area contributed by atoms with E-state index in [1.807, 2.05) is 12.1 Å². The maximum absolute atomic E-state index is 13.0. The van der Waals surface area contributed by atoms with Crippen molar-refractivity contribution in [3.63, 3.8) is 0 Å². The third kappa shape index (κ3) is 3.58. The van der Waals surface area contributed by atoms with Crippen molar-refractivity contribution in [1.82, 2.24) is 4.90 Å². The Labute approximate surface area is 122 Å². The Bertz CT molecular complexity index is 402. The van der Waals surface area contributed by atoms with Crippen LogP contribution in [0.3, 0.4) is 0 Å². The lowest BCUT2D eigenvalue weighted by Crippen LogP contribution is -2.49. The van der Waals surface area contributed by atoms with Crippen LogP contribution in [0.1, 0.15) is 57.6 Å². The summed E-state index contributed by atoms with van der Waals surface area (Å²) in [5.41, 5.74) is 7.44. The first kappa shape index (κ1) is 15.5. The summed E-state index contributed by atoms with van der Waals surface area (Å²) in [5.74, 6) is -0.199. The summed E-state index contributed by atoms with van der Waals surface area (Å²) in [7, 11) is 0. The van der Waals surface area contributed by atoms with Gasteiger partial charge < -0.3 is 5.73 Å². The lowest BCUT2D eigenvalue weighted by atomic mass is 9.92. The van der Waals surface area contributed by atoms with Crippen LogP contribution < -0.4 is 5.73 Å². The normalized spacial score (nSPS) is 23.5. The monoisotopic (exact) mass is 278 g/mol. The Kier molecular flexibility index (Phi) is 5.55. The van der Waals surface area contributed by atoms with Gasteiger partial charge in [0.25, 0.3) is 0 Å². The predicted octanol–water partition coefficient (Wildman–Crippen LogP) is 3.87. The van der Waals surface area contributed by atoms with E-state index >= 15 is 0 Å². The highest BCUT2D eigenvalue weighted by Crippen LogP contribution is 2.28. The molecule has 0 amide bonds. The Hall–Kier alpha value is -0.930. The number of hydrogen-bond donors (Lipinski definition) is 1. The van der Waals surface area contributed by atoms with Crippen LogP contribution in [0.25, 0.3) is 0 Å². The van der Waals surface area contributed by atoms with Gasteiger partial charge in [0.15, 0.2) is 0 Å². The van der Waals surface area contributed by atoms with Gasteiger partial charge in [0.05, 0.1) is 0 Å². The second-order valence-electron chi connectivity index (χ2n) is 5.99. The number of piperidine rings is 1. The van der Waals surface area contributed by atoms with E-state index in [2.05, 4.69) is 18.7 Å². The molecule has 1 saturated heterocycles. The van der Waals surface area contributed by atoms with Gasteiger partial charge in [-0.2, -0.15) is 0 Å². The van der Waals surface area contributed by atoms with E-state index in [-0.39, 0.29) is 11.9 Å². The highest BCUT2D eigenvalue weighted by atomic mass is 19.1. The third-order valence-electron chi connectivity index (χ3n) is 4.59. The topological polar surface area (TPSA) is 29.3 Å². The lowest BCUT2D eigenvalue weighted by molar-refractivity contribution is 0.0829. The number of halogens is 1. The van der Waals surface area contributed by atoms with Crippen molar-refractivity contribution in [2.45, 2.75) is 64.1 Å². The standard InChI is InChI=1S/C17H27FN2/c1-3-6-16-7-4-5-12-20(16)13(2)17(19)14-8-10-15(18)11-9-14/h8-11,13,16-17H,3-7,12,19H2,1-2H3. The van der Waals surface area contributed by atoms with Gasteiger partial charge in [-0.25, -0.2) is 4.39 Å². The quantitative estimate of drug-likeness (QED) is 0.886. The van der Waals surface area contributed by atoms with Gasteiger partial charge in [-0.1, -0.05) is 31.9 Å². The molecule has 1 fully saturated rings. The second kappa shape index (κ2) is 7.19. The number of benzene rings is 1. The van der Waals surface area contributed by atoms with Crippen LogP contribution in [-0.4, -0.2) is 23.5 Å². The highest BCUT2D eigenvalue weighted by Gasteiger charge is 2.29. The van der Waals surface area contributed by atoms with Crippen LogP contribution >= 0.6 is 0 Å². The number of nitrogens with zero attached hydrogens (tertiary/aromatic N) is 1. The SMILES string of the molecule is CCCC1CCCCN1C(C)C(N)c1ccc(F)cc1. The van der Waals surface area contributed by atoms with Gasteiger partial charge in [0.2, 0.25) is 0 Å². The first-order valence-electron chi connectivity index (χ1n) is 7.90. The molecule has 1 aliphatic rings. The van der Waals surface area contributed by atoms with Crippen molar-refractivity contribution in [2.75, 3.05) is 6.54 Å². The predicted molar refractivity (Wildman–Crippen MR) is 82.0 cm³/mol. The van der Waals surface area contributed by atoms with Gasteiger partial charge in [-0.3, -0.25) is 4.90 Å². The fourth-order valence-corrected chi connectivity index (χ4v) is 3.37. The number of hydrogen-bond acceptors (Lipinski definition) is 2. The zero-order valence-electron chi connectivity index (χ0n) is 12.7. The minimum Gasteiger partial charge on any atom is -0.323 e. The zero-order chi connectivity index (χ0) is 14.5. The third-order valence-corrected chi connectivity index (χ3v) is 4.59. The van der Waals surface area contributed by atoms with Crippen molar-refractivity contribution < 1.29 is 4.39 Å². The summed E-state index contributed by atoms with van der Waals surface area (Å²) >= 11 is 0. The molecular formula is C17H27FN2. The van der Waals surface area contributed by atoms with Crippen molar-refractivity contribution in [1.29, 1.82) is 0 Å². The van der Waals surface area contributed by atoms with E-state index in [1.165, 1.54) is 44.2 Å². The molecule has 20 heavy (non-hydrogen) atoms. The smallest absolute Gasteiger partial charge is 0.123 e. The molecule has 3 atom stereocenters. The Morgan fingerprint density at radius 1 is 1.30 bits per heavy atom. The Morgan fingerprint density at radius 2 is 2.00 bits per heavy atom. The fourth-order valence-electron chi connectivity index (χ4n) is 3.37.